The van der Waals surface area contributed by atoms with Crippen molar-refractivity contribution in [2.24, 2.45) is 0 Å². The highest BCUT2D eigenvalue weighted by Crippen LogP contribution is 2.31. The normalized spacial score (nSPS) is 17.5. The average molecular weight is 389 g/mol. The summed E-state index contributed by atoms with van der Waals surface area (Å²) in [5, 5.41) is 0. The molecule has 1 fully saturated rings. The van der Waals surface area contributed by atoms with E-state index in [2.05, 4.69) is 0 Å². The number of amides is 2. The van der Waals surface area contributed by atoms with Crippen molar-refractivity contribution in [1.29, 1.82) is 0 Å². The number of fused-ring (bicyclic) bond motifs is 1. The van der Waals surface area contributed by atoms with Crippen molar-refractivity contribution < 1.29 is 23.9 Å². The Labute approximate surface area is 165 Å². The predicted molar refractivity (Wildman–Crippen MR) is 103 cm³/mol. The molecule has 0 aromatic heterocycles. The average Bonchev–Trinajstić information content (AvgIpc) is 2.93. The molecule has 28 heavy (non-hydrogen) atoms. The summed E-state index contributed by atoms with van der Waals surface area (Å²) in [6.45, 7) is 5.40. The molecule has 2 heterocycles. The minimum atomic E-state index is -0.230. The van der Waals surface area contributed by atoms with Crippen LogP contribution >= 0.6 is 0 Å². The quantitative estimate of drug-likeness (QED) is 0.673. The third kappa shape index (κ3) is 5.01. The van der Waals surface area contributed by atoms with Crippen LogP contribution in [0.5, 0.6) is 5.75 Å². The molecule has 2 aliphatic heterocycles. The highest BCUT2D eigenvalue weighted by molar-refractivity contribution is 5.98. The van der Waals surface area contributed by atoms with Gasteiger partial charge >= 0.3 is 5.97 Å². The van der Waals surface area contributed by atoms with E-state index < -0.39 is 0 Å². The molecule has 2 amide bonds. The second-order valence-corrected chi connectivity index (χ2v) is 6.87. The molecular weight excluding hydrogens is 362 g/mol. The Morgan fingerprint density at radius 3 is 2.79 bits per heavy atom. The lowest BCUT2D eigenvalue weighted by molar-refractivity contribution is -0.144. The molecule has 3 rings (SSSR count). The van der Waals surface area contributed by atoms with Gasteiger partial charge in [-0.05, 0) is 25.5 Å². The molecule has 1 aromatic carbocycles. The zero-order chi connectivity index (χ0) is 19.9. The van der Waals surface area contributed by atoms with Crippen LogP contribution in [0.3, 0.4) is 0 Å². The van der Waals surface area contributed by atoms with Crippen LogP contribution in [0, 0.1) is 0 Å². The van der Waals surface area contributed by atoms with Crippen molar-refractivity contribution in [3.8, 4) is 5.75 Å². The second kappa shape index (κ2) is 9.54. The molecule has 0 unspecified atom stereocenters. The fraction of sp³-hybridized carbons (Fsp3) is 0.550. The van der Waals surface area contributed by atoms with Crippen molar-refractivity contribution in [2.45, 2.75) is 19.8 Å². The van der Waals surface area contributed by atoms with E-state index >= 15 is 0 Å². The van der Waals surface area contributed by atoms with Crippen LogP contribution in [-0.4, -0.2) is 80.1 Å². The van der Waals surface area contributed by atoms with Gasteiger partial charge in [0, 0.05) is 39.1 Å². The topological polar surface area (TPSA) is 79.4 Å². The highest BCUT2D eigenvalue weighted by atomic mass is 16.5. The predicted octanol–water partition coefficient (Wildman–Crippen LogP) is 0.900. The molecule has 0 bridgehead atoms. The van der Waals surface area contributed by atoms with Crippen molar-refractivity contribution in [1.82, 2.24) is 9.80 Å². The summed E-state index contributed by atoms with van der Waals surface area (Å²) in [6, 6.07) is 7.36. The van der Waals surface area contributed by atoms with Crippen LogP contribution in [0.2, 0.25) is 0 Å². The molecule has 1 saturated heterocycles. The lowest BCUT2D eigenvalue weighted by atomic mass is 10.2. The van der Waals surface area contributed by atoms with Gasteiger partial charge in [-0.3, -0.25) is 19.3 Å². The fourth-order valence-electron chi connectivity index (χ4n) is 3.53. The Bertz CT molecular complexity index is 724. The molecule has 0 radical (unpaired) electrons. The van der Waals surface area contributed by atoms with Gasteiger partial charge in [-0.2, -0.15) is 0 Å². The number of para-hydroxylation sites is 2. The minimum Gasteiger partial charge on any atom is -0.482 e. The highest BCUT2D eigenvalue weighted by Gasteiger charge is 2.27. The monoisotopic (exact) mass is 389 g/mol. The number of ether oxygens (including phenoxy) is 2. The maximum Gasteiger partial charge on any atom is 0.320 e. The maximum absolute atomic E-state index is 12.7. The third-order valence-electron chi connectivity index (χ3n) is 4.96. The molecule has 1 aromatic rings. The summed E-state index contributed by atoms with van der Waals surface area (Å²) < 4.78 is 10.4. The summed E-state index contributed by atoms with van der Waals surface area (Å²) in [5.74, 6) is 0.323. The number of nitrogens with zero attached hydrogens (tertiary/aromatic N) is 3. The number of carbonyl (C=O) groups is 3. The van der Waals surface area contributed by atoms with Gasteiger partial charge in [0.1, 0.15) is 5.75 Å². The number of hydrogen-bond donors (Lipinski definition) is 0. The Morgan fingerprint density at radius 2 is 1.96 bits per heavy atom. The lowest BCUT2D eigenvalue weighted by Crippen LogP contribution is -2.42. The van der Waals surface area contributed by atoms with Crippen LogP contribution in [0.25, 0.3) is 0 Å². The van der Waals surface area contributed by atoms with Gasteiger partial charge in [0.05, 0.1) is 18.8 Å². The number of benzene rings is 1. The summed E-state index contributed by atoms with van der Waals surface area (Å²) >= 11 is 0. The van der Waals surface area contributed by atoms with E-state index in [0.29, 0.717) is 44.2 Å². The van der Waals surface area contributed by atoms with Gasteiger partial charge in [-0.15, -0.1) is 0 Å². The summed E-state index contributed by atoms with van der Waals surface area (Å²) in [7, 11) is 0. The smallest absolute Gasteiger partial charge is 0.320 e. The van der Waals surface area contributed by atoms with E-state index in [1.807, 2.05) is 34.1 Å². The fourth-order valence-corrected chi connectivity index (χ4v) is 3.53. The maximum atomic E-state index is 12.7. The second-order valence-electron chi connectivity index (χ2n) is 6.87. The Balaban J connectivity index is 1.51. The molecule has 8 heteroatoms. The van der Waals surface area contributed by atoms with Gasteiger partial charge < -0.3 is 19.3 Å². The van der Waals surface area contributed by atoms with E-state index in [9.17, 15) is 14.4 Å². The molecule has 152 valence electrons. The number of anilines is 1. The molecular formula is C20H27N3O5. The van der Waals surface area contributed by atoms with Crippen LogP contribution in [0.1, 0.15) is 19.8 Å². The number of rotatable bonds is 6. The van der Waals surface area contributed by atoms with Gasteiger partial charge in [0.15, 0.2) is 6.61 Å². The van der Waals surface area contributed by atoms with Crippen molar-refractivity contribution in [3.63, 3.8) is 0 Å². The Morgan fingerprint density at radius 1 is 1.14 bits per heavy atom. The summed E-state index contributed by atoms with van der Waals surface area (Å²) in [5.41, 5.74) is 0.711. The summed E-state index contributed by atoms with van der Waals surface area (Å²) in [4.78, 5) is 42.0. The first-order chi connectivity index (χ1) is 13.6. The molecule has 2 aliphatic rings. The van der Waals surface area contributed by atoms with E-state index in [4.69, 9.17) is 9.47 Å². The van der Waals surface area contributed by atoms with Gasteiger partial charge in [0.2, 0.25) is 5.91 Å². The van der Waals surface area contributed by atoms with Crippen LogP contribution in [0.4, 0.5) is 5.69 Å². The van der Waals surface area contributed by atoms with Gasteiger partial charge in [0.25, 0.3) is 5.91 Å². The lowest BCUT2D eigenvalue weighted by Gasteiger charge is -2.30. The Hall–Kier alpha value is -2.61. The third-order valence-corrected chi connectivity index (χ3v) is 4.96. The number of hydrogen-bond acceptors (Lipinski definition) is 6. The molecule has 8 nitrogen and oxygen atoms in total. The van der Waals surface area contributed by atoms with Crippen molar-refractivity contribution in [3.05, 3.63) is 24.3 Å². The van der Waals surface area contributed by atoms with E-state index in [0.717, 1.165) is 13.0 Å². The number of esters is 1. The standard InChI is InChI=1S/C20H27N3O5/c1-2-27-20(26)14-21-9-5-10-22(13-12-21)18(24)8-11-23-16-6-3-4-7-17(16)28-15-19(23)25/h3-4,6-7H,2,5,8-15H2,1H3. The number of carbonyl (C=O) groups excluding carboxylic acids is 3. The van der Waals surface area contributed by atoms with Crippen LogP contribution < -0.4 is 9.64 Å². The largest absolute Gasteiger partial charge is 0.482 e. The van der Waals surface area contributed by atoms with Crippen LogP contribution in [0.15, 0.2) is 24.3 Å². The summed E-state index contributed by atoms with van der Waals surface area (Å²) in [6.07, 6.45) is 1.07. The SMILES string of the molecule is CCOC(=O)CN1CCCN(C(=O)CCN2C(=O)COc3ccccc32)CC1. The van der Waals surface area contributed by atoms with Gasteiger partial charge in [-0.25, -0.2) is 0 Å². The van der Waals surface area contributed by atoms with E-state index in [-0.39, 0.29) is 37.4 Å². The van der Waals surface area contributed by atoms with Crippen molar-refractivity contribution >= 4 is 23.5 Å². The molecule has 0 saturated carbocycles. The molecule has 0 N–H and O–H groups in total. The minimum absolute atomic E-state index is 0.00224. The van der Waals surface area contributed by atoms with Crippen molar-refractivity contribution in [2.75, 3.05) is 57.4 Å². The molecule has 0 spiro atoms. The first-order valence-electron chi connectivity index (χ1n) is 9.76. The first kappa shape index (κ1) is 20.1. The first-order valence-corrected chi connectivity index (χ1v) is 9.76. The van der Waals surface area contributed by atoms with Crippen LogP contribution in [-0.2, 0) is 19.1 Å². The molecule has 0 aliphatic carbocycles. The molecule has 0 atom stereocenters. The Kier molecular flexibility index (Phi) is 6.86. The van der Waals surface area contributed by atoms with E-state index in [1.165, 1.54) is 0 Å². The van der Waals surface area contributed by atoms with E-state index in [1.54, 1.807) is 11.8 Å². The van der Waals surface area contributed by atoms with Gasteiger partial charge in [-0.1, -0.05) is 12.1 Å². The zero-order valence-corrected chi connectivity index (χ0v) is 16.3. The zero-order valence-electron chi connectivity index (χ0n) is 16.3.